The first-order chi connectivity index (χ1) is 16.1. The minimum atomic E-state index is 0.0694. The van der Waals surface area contributed by atoms with Gasteiger partial charge in [-0.05, 0) is 56.5 Å². The molecule has 1 saturated carbocycles. The second kappa shape index (κ2) is 9.40. The summed E-state index contributed by atoms with van der Waals surface area (Å²) in [5.74, 6) is 1.58. The molecule has 0 N–H and O–H groups in total. The van der Waals surface area contributed by atoms with Crippen molar-refractivity contribution in [3.63, 3.8) is 0 Å². The molecule has 0 bridgehead atoms. The zero-order valence-corrected chi connectivity index (χ0v) is 19.5. The molecular formula is C27H32N4O2. The largest absolute Gasteiger partial charge is 0.494 e. The van der Waals surface area contributed by atoms with Crippen molar-refractivity contribution in [2.75, 3.05) is 18.2 Å². The summed E-state index contributed by atoms with van der Waals surface area (Å²) in [5, 5.41) is 0. The van der Waals surface area contributed by atoms with Gasteiger partial charge in [-0.15, -0.1) is 0 Å². The molecule has 2 aliphatic rings. The second-order valence-electron chi connectivity index (χ2n) is 9.04. The topological polar surface area (TPSA) is 50.6 Å². The van der Waals surface area contributed by atoms with Gasteiger partial charge in [0.05, 0.1) is 25.6 Å². The lowest BCUT2D eigenvalue weighted by Gasteiger charge is -2.41. The maximum Gasteiger partial charge on any atom is 0.259 e. The summed E-state index contributed by atoms with van der Waals surface area (Å²) in [7, 11) is 0. The number of rotatable bonds is 6. The van der Waals surface area contributed by atoms with E-state index in [4.69, 9.17) is 9.72 Å². The van der Waals surface area contributed by atoms with Gasteiger partial charge in [0.25, 0.3) is 5.56 Å². The molecule has 2 aromatic carbocycles. The lowest BCUT2D eigenvalue weighted by Crippen LogP contribution is -2.51. The highest BCUT2D eigenvalue weighted by atomic mass is 16.5. The Labute approximate surface area is 195 Å². The van der Waals surface area contributed by atoms with E-state index >= 15 is 0 Å². The van der Waals surface area contributed by atoms with E-state index in [1.54, 1.807) is 0 Å². The molecule has 0 amide bonds. The second-order valence-corrected chi connectivity index (χ2v) is 9.04. The van der Waals surface area contributed by atoms with Crippen LogP contribution in [0.5, 0.6) is 5.75 Å². The molecule has 172 valence electrons. The molecular weight excluding hydrogens is 412 g/mol. The predicted molar refractivity (Wildman–Crippen MR) is 131 cm³/mol. The molecule has 1 fully saturated rings. The highest BCUT2D eigenvalue weighted by Gasteiger charge is 2.32. The van der Waals surface area contributed by atoms with E-state index in [1.165, 1.54) is 25.7 Å². The Bertz CT molecular complexity index is 1150. The molecule has 1 aliphatic heterocycles. The van der Waals surface area contributed by atoms with Crippen molar-refractivity contribution in [2.24, 2.45) is 0 Å². The van der Waals surface area contributed by atoms with Crippen molar-refractivity contribution in [3.05, 3.63) is 81.8 Å². The van der Waals surface area contributed by atoms with Crippen LogP contribution in [0.15, 0.2) is 59.4 Å². The van der Waals surface area contributed by atoms with E-state index in [2.05, 4.69) is 34.1 Å². The molecule has 1 aromatic heterocycles. The van der Waals surface area contributed by atoms with Crippen molar-refractivity contribution >= 4 is 11.6 Å². The molecule has 6 heteroatoms. The number of anilines is 2. The molecule has 0 unspecified atom stereocenters. The van der Waals surface area contributed by atoms with Crippen LogP contribution in [0.2, 0.25) is 0 Å². The quantitative estimate of drug-likeness (QED) is 0.544. The SMILES string of the molecule is CCOc1ccc(N2CN(C3CCCC3)Cn3c2nc(C)c(Cc2ccccc2)c3=O)cc1. The number of aromatic nitrogens is 2. The summed E-state index contributed by atoms with van der Waals surface area (Å²) >= 11 is 0. The zero-order valence-electron chi connectivity index (χ0n) is 19.5. The average molecular weight is 445 g/mol. The summed E-state index contributed by atoms with van der Waals surface area (Å²) in [4.78, 5) is 23.4. The third kappa shape index (κ3) is 4.40. The number of ether oxygens (including phenoxy) is 1. The Morgan fingerprint density at radius 1 is 1.00 bits per heavy atom. The maximum atomic E-state index is 13.8. The molecule has 0 radical (unpaired) electrons. The summed E-state index contributed by atoms with van der Waals surface area (Å²) in [6.45, 7) is 5.92. The van der Waals surface area contributed by atoms with Gasteiger partial charge in [-0.25, -0.2) is 4.98 Å². The van der Waals surface area contributed by atoms with Crippen molar-refractivity contribution in [1.29, 1.82) is 0 Å². The summed E-state index contributed by atoms with van der Waals surface area (Å²) < 4.78 is 7.51. The van der Waals surface area contributed by atoms with Crippen LogP contribution in [0, 0.1) is 6.92 Å². The van der Waals surface area contributed by atoms with E-state index in [1.807, 2.05) is 48.7 Å². The van der Waals surface area contributed by atoms with E-state index in [-0.39, 0.29) is 5.56 Å². The van der Waals surface area contributed by atoms with Gasteiger partial charge in [0.2, 0.25) is 5.95 Å². The van der Waals surface area contributed by atoms with Gasteiger partial charge in [-0.2, -0.15) is 0 Å². The molecule has 6 nitrogen and oxygen atoms in total. The van der Waals surface area contributed by atoms with Gasteiger partial charge in [0, 0.05) is 23.7 Å². The highest BCUT2D eigenvalue weighted by molar-refractivity contribution is 5.59. The lowest BCUT2D eigenvalue weighted by molar-refractivity contribution is 0.138. The fraction of sp³-hybridized carbons (Fsp3) is 0.407. The minimum Gasteiger partial charge on any atom is -0.494 e. The van der Waals surface area contributed by atoms with Crippen molar-refractivity contribution in [1.82, 2.24) is 14.5 Å². The average Bonchev–Trinajstić information content (AvgIpc) is 3.38. The molecule has 0 saturated heterocycles. The molecule has 0 spiro atoms. The molecule has 3 aromatic rings. The zero-order chi connectivity index (χ0) is 22.8. The molecule has 1 aliphatic carbocycles. The van der Waals surface area contributed by atoms with Crippen LogP contribution in [-0.4, -0.2) is 33.8 Å². The Balaban J connectivity index is 1.56. The molecule has 5 rings (SSSR count). The van der Waals surface area contributed by atoms with E-state index in [0.717, 1.165) is 40.9 Å². The predicted octanol–water partition coefficient (Wildman–Crippen LogP) is 4.85. The number of fused-ring (bicyclic) bond motifs is 1. The van der Waals surface area contributed by atoms with E-state index in [0.29, 0.717) is 25.7 Å². The Morgan fingerprint density at radius 2 is 1.73 bits per heavy atom. The molecule has 33 heavy (non-hydrogen) atoms. The van der Waals surface area contributed by atoms with Crippen LogP contribution in [0.25, 0.3) is 0 Å². The summed E-state index contributed by atoms with van der Waals surface area (Å²) in [6, 6.07) is 18.8. The van der Waals surface area contributed by atoms with Crippen LogP contribution in [0.1, 0.15) is 49.4 Å². The highest BCUT2D eigenvalue weighted by Crippen LogP contribution is 2.33. The standard InChI is InChI=1S/C27H32N4O2/c1-3-33-24-15-13-23(14-16-24)30-18-29(22-11-7-8-12-22)19-31-26(32)25(20(2)28-27(30)31)17-21-9-5-4-6-10-21/h4-6,9-10,13-16,22H,3,7-8,11-12,17-19H2,1-2H3. The Hall–Kier alpha value is -3.12. The van der Waals surface area contributed by atoms with Gasteiger partial charge in [0.1, 0.15) is 5.75 Å². The minimum absolute atomic E-state index is 0.0694. The third-order valence-corrected chi connectivity index (χ3v) is 6.86. The van der Waals surface area contributed by atoms with E-state index in [9.17, 15) is 4.79 Å². The Morgan fingerprint density at radius 3 is 2.42 bits per heavy atom. The number of benzene rings is 2. The van der Waals surface area contributed by atoms with Gasteiger partial charge < -0.3 is 4.74 Å². The van der Waals surface area contributed by atoms with Gasteiger partial charge in [0.15, 0.2) is 0 Å². The van der Waals surface area contributed by atoms with Crippen molar-refractivity contribution in [3.8, 4) is 5.75 Å². The smallest absolute Gasteiger partial charge is 0.259 e. The van der Waals surface area contributed by atoms with Crippen LogP contribution in [0.3, 0.4) is 0 Å². The van der Waals surface area contributed by atoms with Crippen molar-refractivity contribution < 1.29 is 4.74 Å². The lowest BCUT2D eigenvalue weighted by atomic mass is 10.1. The van der Waals surface area contributed by atoms with Gasteiger partial charge >= 0.3 is 0 Å². The fourth-order valence-corrected chi connectivity index (χ4v) is 5.08. The first kappa shape index (κ1) is 21.7. The third-order valence-electron chi connectivity index (χ3n) is 6.86. The van der Waals surface area contributed by atoms with Crippen LogP contribution in [0.4, 0.5) is 11.6 Å². The van der Waals surface area contributed by atoms with Gasteiger partial charge in [-0.1, -0.05) is 43.2 Å². The summed E-state index contributed by atoms with van der Waals surface area (Å²) in [5.41, 5.74) is 3.81. The first-order valence-electron chi connectivity index (χ1n) is 12.0. The van der Waals surface area contributed by atoms with Gasteiger partial charge in [-0.3, -0.25) is 19.2 Å². The number of aryl methyl sites for hydroxylation is 1. The molecule has 2 heterocycles. The normalized spacial score (nSPS) is 16.7. The molecule has 0 atom stereocenters. The Kier molecular flexibility index (Phi) is 6.18. The van der Waals surface area contributed by atoms with Crippen LogP contribution >= 0.6 is 0 Å². The van der Waals surface area contributed by atoms with E-state index < -0.39 is 0 Å². The van der Waals surface area contributed by atoms with Crippen molar-refractivity contribution in [2.45, 2.75) is 58.7 Å². The number of hydrogen-bond acceptors (Lipinski definition) is 5. The maximum absolute atomic E-state index is 13.8. The first-order valence-corrected chi connectivity index (χ1v) is 12.0. The summed E-state index contributed by atoms with van der Waals surface area (Å²) in [6.07, 6.45) is 5.51. The number of hydrogen-bond donors (Lipinski definition) is 0. The van der Waals surface area contributed by atoms with Crippen LogP contribution < -0.4 is 15.2 Å². The van der Waals surface area contributed by atoms with Crippen LogP contribution in [-0.2, 0) is 13.1 Å². The fourth-order valence-electron chi connectivity index (χ4n) is 5.08. The monoisotopic (exact) mass is 444 g/mol. The number of nitrogens with zero attached hydrogens (tertiary/aromatic N) is 4.